The van der Waals surface area contributed by atoms with Gasteiger partial charge in [-0.3, -0.25) is 19.5 Å². The molecule has 162 valence electrons. The number of hydrogen-bond donors (Lipinski definition) is 1. The number of anilines is 1. The van der Waals surface area contributed by atoms with Crippen molar-refractivity contribution < 1.29 is 9.59 Å². The standard InChI is InChI=1S/C26H26N4O2/c31-25(28-24-7-2-1-3-8-24)20-29-15-17-30(18-16-29)26(32)23-6-4-5-22(19-23)10-9-21-11-13-27-14-12-21/h1-14,19H,15-18,20H2,(H,28,31)/b10-9+. The van der Waals surface area contributed by atoms with Gasteiger partial charge in [-0.15, -0.1) is 0 Å². The molecule has 0 bridgehead atoms. The lowest BCUT2D eigenvalue weighted by Gasteiger charge is -2.34. The van der Waals surface area contributed by atoms with Crippen LogP contribution in [0.2, 0.25) is 0 Å². The van der Waals surface area contributed by atoms with Gasteiger partial charge in [0, 0.05) is 49.8 Å². The van der Waals surface area contributed by atoms with Crippen LogP contribution in [0.4, 0.5) is 5.69 Å². The first kappa shape index (κ1) is 21.5. The summed E-state index contributed by atoms with van der Waals surface area (Å²) in [5.74, 6) is -0.0118. The van der Waals surface area contributed by atoms with E-state index in [-0.39, 0.29) is 11.8 Å². The predicted molar refractivity (Wildman–Crippen MR) is 127 cm³/mol. The number of carbonyl (C=O) groups is 2. The maximum Gasteiger partial charge on any atom is 0.253 e. The number of hydrogen-bond acceptors (Lipinski definition) is 4. The molecule has 3 aromatic rings. The van der Waals surface area contributed by atoms with E-state index in [4.69, 9.17) is 0 Å². The van der Waals surface area contributed by atoms with Crippen molar-refractivity contribution in [3.05, 3.63) is 95.8 Å². The second-order valence-electron chi connectivity index (χ2n) is 7.72. The van der Waals surface area contributed by atoms with Gasteiger partial charge < -0.3 is 10.2 Å². The fraction of sp³-hybridized carbons (Fsp3) is 0.192. The van der Waals surface area contributed by atoms with Crippen LogP contribution >= 0.6 is 0 Å². The Balaban J connectivity index is 1.29. The van der Waals surface area contributed by atoms with Crippen LogP contribution in [-0.4, -0.2) is 59.3 Å². The Morgan fingerprint density at radius 1 is 0.844 bits per heavy atom. The van der Waals surface area contributed by atoms with Gasteiger partial charge in [-0.05, 0) is 47.5 Å². The minimum Gasteiger partial charge on any atom is -0.336 e. The number of rotatable bonds is 6. The van der Waals surface area contributed by atoms with Crippen LogP contribution in [0.5, 0.6) is 0 Å². The normalized spacial score (nSPS) is 14.4. The summed E-state index contributed by atoms with van der Waals surface area (Å²) in [5, 5.41) is 2.91. The predicted octanol–water partition coefficient (Wildman–Crippen LogP) is 3.65. The highest BCUT2D eigenvalue weighted by Crippen LogP contribution is 2.14. The van der Waals surface area contributed by atoms with Gasteiger partial charge in [0.15, 0.2) is 0 Å². The highest BCUT2D eigenvalue weighted by molar-refractivity contribution is 5.95. The minimum atomic E-state index is -0.0373. The van der Waals surface area contributed by atoms with Crippen LogP contribution in [0.15, 0.2) is 79.1 Å². The van der Waals surface area contributed by atoms with E-state index in [0.29, 0.717) is 38.3 Å². The molecule has 0 saturated carbocycles. The third-order valence-electron chi connectivity index (χ3n) is 5.39. The van der Waals surface area contributed by atoms with Gasteiger partial charge >= 0.3 is 0 Å². The molecular formula is C26H26N4O2. The van der Waals surface area contributed by atoms with Crippen molar-refractivity contribution >= 4 is 29.7 Å². The maximum atomic E-state index is 13.0. The molecule has 1 aromatic heterocycles. The molecule has 32 heavy (non-hydrogen) atoms. The average Bonchev–Trinajstić information content (AvgIpc) is 2.84. The van der Waals surface area contributed by atoms with Gasteiger partial charge in [0.05, 0.1) is 6.54 Å². The monoisotopic (exact) mass is 426 g/mol. The molecule has 4 rings (SSSR count). The lowest BCUT2D eigenvalue weighted by molar-refractivity contribution is -0.117. The van der Waals surface area contributed by atoms with Gasteiger partial charge in [0.25, 0.3) is 5.91 Å². The summed E-state index contributed by atoms with van der Waals surface area (Å²) in [5.41, 5.74) is 3.51. The van der Waals surface area contributed by atoms with Crippen molar-refractivity contribution in [2.24, 2.45) is 0 Å². The van der Waals surface area contributed by atoms with Crippen LogP contribution in [0.1, 0.15) is 21.5 Å². The highest BCUT2D eigenvalue weighted by atomic mass is 16.2. The van der Waals surface area contributed by atoms with E-state index in [0.717, 1.165) is 16.8 Å². The first-order valence-corrected chi connectivity index (χ1v) is 10.7. The number of para-hydroxylation sites is 1. The van der Waals surface area contributed by atoms with E-state index >= 15 is 0 Å². The Morgan fingerprint density at radius 3 is 2.31 bits per heavy atom. The molecule has 1 fully saturated rings. The Morgan fingerprint density at radius 2 is 1.56 bits per heavy atom. The molecule has 0 spiro atoms. The zero-order chi connectivity index (χ0) is 22.2. The third-order valence-corrected chi connectivity index (χ3v) is 5.39. The second kappa shape index (κ2) is 10.5. The van der Waals surface area contributed by atoms with Crippen molar-refractivity contribution in [3.63, 3.8) is 0 Å². The quantitative estimate of drug-likeness (QED) is 0.654. The van der Waals surface area contributed by atoms with Gasteiger partial charge in [-0.1, -0.05) is 42.5 Å². The fourth-order valence-electron chi connectivity index (χ4n) is 3.66. The summed E-state index contributed by atoms with van der Waals surface area (Å²) in [4.78, 5) is 33.2. The SMILES string of the molecule is O=C(CN1CCN(C(=O)c2cccc(/C=C/c3ccncc3)c2)CC1)Nc1ccccc1. The molecule has 6 nitrogen and oxygen atoms in total. The summed E-state index contributed by atoms with van der Waals surface area (Å²) in [6.07, 6.45) is 7.51. The molecule has 6 heteroatoms. The number of nitrogens with one attached hydrogen (secondary N) is 1. The van der Waals surface area contributed by atoms with Crippen LogP contribution in [-0.2, 0) is 4.79 Å². The van der Waals surface area contributed by atoms with Crippen molar-refractivity contribution in [2.45, 2.75) is 0 Å². The zero-order valence-electron chi connectivity index (χ0n) is 17.9. The number of aromatic nitrogens is 1. The second-order valence-corrected chi connectivity index (χ2v) is 7.72. The smallest absolute Gasteiger partial charge is 0.253 e. The van der Waals surface area contributed by atoms with Crippen LogP contribution in [0, 0.1) is 0 Å². The first-order valence-electron chi connectivity index (χ1n) is 10.7. The molecule has 2 amide bonds. The summed E-state index contributed by atoms with van der Waals surface area (Å²) in [7, 11) is 0. The van der Waals surface area contributed by atoms with Gasteiger partial charge in [0.1, 0.15) is 0 Å². The molecule has 2 aromatic carbocycles. The number of nitrogens with zero attached hydrogens (tertiary/aromatic N) is 3. The first-order chi connectivity index (χ1) is 15.7. The van der Waals surface area contributed by atoms with Crippen molar-refractivity contribution in [3.8, 4) is 0 Å². The third kappa shape index (κ3) is 5.89. The van der Waals surface area contributed by atoms with E-state index in [1.54, 1.807) is 12.4 Å². The molecule has 1 saturated heterocycles. The van der Waals surface area contributed by atoms with E-state index in [1.807, 2.05) is 83.8 Å². The minimum absolute atomic E-state index is 0.0255. The van der Waals surface area contributed by atoms with Crippen LogP contribution in [0.3, 0.4) is 0 Å². The van der Waals surface area contributed by atoms with E-state index in [9.17, 15) is 9.59 Å². The number of piperazine rings is 1. The Bertz CT molecular complexity index is 1080. The van der Waals surface area contributed by atoms with Crippen LogP contribution in [0.25, 0.3) is 12.2 Å². The molecule has 2 heterocycles. The molecule has 1 aliphatic rings. The lowest BCUT2D eigenvalue weighted by atomic mass is 10.1. The number of amides is 2. The van der Waals surface area contributed by atoms with Gasteiger partial charge in [-0.25, -0.2) is 0 Å². The van der Waals surface area contributed by atoms with E-state index in [1.165, 1.54) is 0 Å². The molecule has 0 radical (unpaired) electrons. The Labute approximate surface area is 188 Å². The molecular weight excluding hydrogens is 400 g/mol. The summed E-state index contributed by atoms with van der Waals surface area (Å²) >= 11 is 0. The van der Waals surface area contributed by atoms with E-state index in [2.05, 4.69) is 15.2 Å². The average molecular weight is 427 g/mol. The Kier molecular flexibility index (Phi) is 7.05. The maximum absolute atomic E-state index is 13.0. The Hall–Kier alpha value is -3.77. The summed E-state index contributed by atoms with van der Waals surface area (Å²) < 4.78 is 0. The van der Waals surface area contributed by atoms with Gasteiger partial charge in [0.2, 0.25) is 5.91 Å². The van der Waals surface area contributed by atoms with E-state index < -0.39 is 0 Å². The van der Waals surface area contributed by atoms with Crippen molar-refractivity contribution in [1.29, 1.82) is 0 Å². The van der Waals surface area contributed by atoms with Crippen LogP contribution < -0.4 is 5.32 Å². The van der Waals surface area contributed by atoms with Gasteiger partial charge in [-0.2, -0.15) is 0 Å². The summed E-state index contributed by atoms with van der Waals surface area (Å²) in [6, 6.07) is 21.0. The molecule has 1 N–H and O–H groups in total. The summed E-state index contributed by atoms with van der Waals surface area (Å²) in [6.45, 7) is 2.89. The van der Waals surface area contributed by atoms with Crippen molar-refractivity contribution in [2.75, 3.05) is 38.0 Å². The van der Waals surface area contributed by atoms with Crippen molar-refractivity contribution in [1.82, 2.24) is 14.8 Å². The number of carbonyl (C=O) groups excluding carboxylic acids is 2. The molecule has 1 aliphatic heterocycles. The molecule has 0 atom stereocenters. The topological polar surface area (TPSA) is 65.5 Å². The molecule has 0 aliphatic carbocycles. The fourth-order valence-corrected chi connectivity index (χ4v) is 3.66. The lowest BCUT2D eigenvalue weighted by Crippen LogP contribution is -2.50. The number of benzene rings is 2. The zero-order valence-corrected chi connectivity index (χ0v) is 17.9. The molecule has 0 unspecified atom stereocenters. The highest BCUT2D eigenvalue weighted by Gasteiger charge is 2.23. The number of pyridine rings is 1. The largest absolute Gasteiger partial charge is 0.336 e.